The fraction of sp³-hybridized carbons (Fsp3) is 0.688. The highest BCUT2D eigenvalue weighted by Crippen LogP contribution is 2.47. The number of carboxylic acids is 2. The second-order valence-electron chi connectivity index (χ2n) is 5.97. The molecule has 0 radical (unpaired) electrons. The number of azo groups is 1. The Morgan fingerprint density at radius 3 is 1.82 bits per heavy atom. The van der Waals surface area contributed by atoms with Crippen LogP contribution in [-0.4, -0.2) is 54.0 Å². The Labute approximate surface area is 161 Å². The standard InChI is InChI=1S/C9H16N2O4.C7H6N4O2/c1-6(8(12)13)4-10-11-5-7(2)9(14)15-3;1-2-6(3-8,4-9)7(5(12)13)10-11-7/h6-7H,4-5H2,1-3H3,(H,12,13);2H2,1H3,(H,12,13). The predicted octanol–water partition coefficient (Wildman–Crippen LogP) is 1.65. The van der Waals surface area contributed by atoms with Gasteiger partial charge < -0.3 is 14.9 Å². The van der Waals surface area contributed by atoms with E-state index in [9.17, 15) is 14.4 Å². The predicted molar refractivity (Wildman–Crippen MR) is 91.7 cm³/mol. The minimum absolute atomic E-state index is 0.0826. The van der Waals surface area contributed by atoms with Crippen LogP contribution in [-0.2, 0) is 19.1 Å². The molecule has 1 rings (SSSR count). The molecule has 0 fully saturated rings. The number of ether oxygens (including phenoxy) is 1. The van der Waals surface area contributed by atoms with E-state index in [0.717, 1.165) is 0 Å². The minimum Gasteiger partial charge on any atom is -0.481 e. The summed E-state index contributed by atoms with van der Waals surface area (Å²) in [5.41, 5.74) is -3.51. The quantitative estimate of drug-likeness (QED) is 0.434. The van der Waals surface area contributed by atoms with Gasteiger partial charge in [-0.05, 0) is 6.42 Å². The van der Waals surface area contributed by atoms with E-state index in [1.54, 1.807) is 32.9 Å². The van der Waals surface area contributed by atoms with Crippen molar-refractivity contribution in [2.45, 2.75) is 32.9 Å². The normalized spacial score (nSPS) is 15.9. The van der Waals surface area contributed by atoms with E-state index in [-0.39, 0.29) is 31.4 Å². The molecule has 12 nitrogen and oxygen atoms in total. The lowest BCUT2D eigenvalue weighted by Crippen LogP contribution is -2.42. The van der Waals surface area contributed by atoms with E-state index in [2.05, 4.69) is 25.2 Å². The van der Waals surface area contributed by atoms with Crippen molar-refractivity contribution in [3.8, 4) is 12.1 Å². The van der Waals surface area contributed by atoms with Crippen LogP contribution in [0.1, 0.15) is 27.2 Å². The molecule has 0 aliphatic carbocycles. The summed E-state index contributed by atoms with van der Waals surface area (Å²) >= 11 is 0. The zero-order valence-corrected chi connectivity index (χ0v) is 16.0. The molecule has 1 aliphatic rings. The third kappa shape index (κ3) is 5.81. The van der Waals surface area contributed by atoms with Crippen molar-refractivity contribution in [3.63, 3.8) is 0 Å². The lowest BCUT2D eigenvalue weighted by Gasteiger charge is -2.18. The number of nitriles is 2. The Bertz CT molecular complexity index is 715. The van der Waals surface area contributed by atoms with Crippen LogP contribution in [0.25, 0.3) is 0 Å². The van der Waals surface area contributed by atoms with E-state index in [1.165, 1.54) is 7.11 Å². The van der Waals surface area contributed by atoms with Crippen LogP contribution in [0.15, 0.2) is 20.5 Å². The summed E-state index contributed by atoms with van der Waals surface area (Å²) < 4.78 is 4.49. The minimum atomic E-state index is -1.84. The molecule has 1 heterocycles. The first-order valence-electron chi connectivity index (χ1n) is 8.21. The highest BCUT2D eigenvalue weighted by atomic mass is 16.5. The Morgan fingerprint density at radius 1 is 1.11 bits per heavy atom. The van der Waals surface area contributed by atoms with Gasteiger partial charge in [0.15, 0.2) is 0 Å². The van der Waals surface area contributed by atoms with E-state index in [0.29, 0.717) is 0 Å². The molecule has 1 aliphatic heterocycles. The number of carbonyl (C=O) groups excluding carboxylic acids is 1. The molecule has 28 heavy (non-hydrogen) atoms. The van der Waals surface area contributed by atoms with Crippen LogP contribution in [0.5, 0.6) is 0 Å². The lowest BCUT2D eigenvalue weighted by molar-refractivity contribution is -0.144. The molecule has 0 saturated carbocycles. The third-order valence-corrected chi connectivity index (χ3v) is 3.94. The molecule has 0 aromatic rings. The second-order valence-corrected chi connectivity index (χ2v) is 5.97. The maximum absolute atomic E-state index is 10.9. The molecule has 152 valence electrons. The van der Waals surface area contributed by atoms with E-state index in [4.69, 9.17) is 20.7 Å². The number of carboxylic acid groups (broad SMARTS) is 2. The first-order valence-corrected chi connectivity index (χ1v) is 8.21. The van der Waals surface area contributed by atoms with Crippen LogP contribution < -0.4 is 0 Å². The number of carbonyl (C=O) groups is 3. The van der Waals surface area contributed by atoms with E-state index < -0.39 is 28.9 Å². The molecule has 0 aromatic carbocycles. The van der Waals surface area contributed by atoms with Crippen LogP contribution in [0, 0.1) is 39.9 Å². The maximum Gasteiger partial charge on any atom is 0.361 e. The summed E-state index contributed by atoms with van der Waals surface area (Å²) in [6, 6.07) is 3.34. The van der Waals surface area contributed by atoms with Crippen LogP contribution in [0.3, 0.4) is 0 Å². The number of aliphatic carboxylic acids is 2. The molecule has 0 aromatic heterocycles. The van der Waals surface area contributed by atoms with Crippen molar-refractivity contribution in [1.82, 2.24) is 0 Å². The average molecular weight is 394 g/mol. The highest BCUT2D eigenvalue weighted by molar-refractivity contribution is 5.83. The highest BCUT2D eigenvalue weighted by Gasteiger charge is 2.66. The Morgan fingerprint density at radius 2 is 1.57 bits per heavy atom. The van der Waals surface area contributed by atoms with Crippen molar-refractivity contribution < 1.29 is 29.3 Å². The van der Waals surface area contributed by atoms with Gasteiger partial charge in [0.2, 0.25) is 5.41 Å². The van der Waals surface area contributed by atoms with Crippen LogP contribution in [0.4, 0.5) is 0 Å². The molecule has 0 spiro atoms. The van der Waals surface area contributed by atoms with Crippen LogP contribution >= 0.6 is 0 Å². The number of methoxy groups -OCH3 is 1. The Hall–Kier alpha value is -3.41. The molecular weight excluding hydrogens is 372 g/mol. The van der Waals surface area contributed by atoms with Crippen molar-refractivity contribution >= 4 is 17.9 Å². The third-order valence-electron chi connectivity index (χ3n) is 3.94. The average Bonchev–Trinajstić information content (AvgIpc) is 3.49. The van der Waals surface area contributed by atoms with Gasteiger partial charge >= 0.3 is 23.6 Å². The summed E-state index contributed by atoms with van der Waals surface area (Å²) in [6.45, 7) is 5.12. The first-order chi connectivity index (χ1) is 13.1. The smallest absolute Gasteiger partial charge is 0.361 e. The fourth-order valence-corrected chi connectivity index (χ4v) is 1.79. The number of hydrogen-bond donors (Lipinski definition) is 2. The molecule has 0 saturated heterocycles. The summed E-state index contributed by atoms with van der Waals surface area (Å²) in [4.78, 5) is 32.1. The van der Waals surface area contributed by atoms with Gasteiger partial charge in [0, 0.05) is 0 Å². The molecule has 2 N–H and O–H groups in total. The van der Waals surface area contributed by atoms with E-state index >= 15 is 0 Å². The van der Waals surface area contributed by atoms with Gasteiger partial charge in [0.25, 0.3) is 0 Å². The summed E-state index contributed by atoms with van der Waals surface area (Å²) in [6.07, 6.45) is 0.0826. The van der Waals surface area contributed by atoms with Gasteiger partial charge in [-0.3, -0.25) is 9.59 Å². The van der Waals surface area contributed by atoms with Crippen molar-refractivity contribution in [1.29, 1.82) is 10.5 Å². The molecule has 0 amide bonds. The fourth-order valence-electron chi connectivity index (χ4n) is 1.79. The first kappa shape index (κ1) is 24.6. The molecular formula is C16H22N6O6. The monoisotopic (exact) mass is 394 g/mol. The van der Waals surface area contributed by atoms with Crippen molar-refractivity contribution in [2.75, 3.05) is 20.2 Å². The van der Waals surface area contributed by atoms with Gasteiger partial charge in [-0.1, -0.05) is 20.8 Å². The number of nitrogens with zero attached hydrogens (tertiary/aromatic N) is 6. The Balaban J connectivity index is 0.000000525. The van der Waals surface area contributed by atoms with Gasteiger partial charge in [-0.25, -0.2) is 4.79 Å². The van der Waals surface area contributed by atoms with Crippen molar-refractivity contribution in [2.24, 2.45) is 37.7 Å². The Kier molecular flexibility index (Phi) is 9.37. The van der Waals surface area contributed by atoms with Gasteiger partial charge in [0.05, 0.1) is 44.2 Å². The number of hydrogen-bond acceptors (Lipinski definition) is 10. The summed E-state index contributed by atoms with van der Waals surface area (Å²) in [5, 5.41) is 48.8. The number of rotatable bonds is 9. The van der Waals surface area contributed by atoms with E-state index in [1.807, 2.05) is 0 Å². The SMILES string of the molecule is CCC(C#N)(C#N)C1(C(=O)O)N=N1.COC(=O)C(C)CN=NCC(C)C(=O)O. The van der Waals surface area contributed by atoms with Gasteiger partial charge in [-0.15, -0.1) is 10.2 Å². The molecule has 12 heteroatoms. The lowest BCUT2D eigenvalue weighted by atomic mass is 9.78. The zero-order valence-electron chi connectivity index (χ0n) is 16.0. The van der Waals surface area contributed by atoms with Gasteiger partial charge in [-0.2, -0.15) is 20.8 Å². The largest absolute Gasteiger partial charge is 0.481 e. The maximum atomic E-state index is 10.9. The molecule has 0 bridgehead atoms. The summed E-state index contributed by atoms with van der Waals surface area (Å²) in [7, 11) is 1.31. The van der Waals surface area contributed by atoms with Crippen molar-refractivity contribution in [3.05, 3.63) is 0 Å². The second kappa shape index (κ2) is 10.7. The van der Waals surface area contributed by atoms with Gasteiger partial charge in [0.1, 0.15) is 0 Å². The number of esters is 1. The zero-order chi connectivity index (χ0) is 22.0. The molecule has 2 unspecified atom stereocenters. The summed E-state index contributed by atoms with van der Waals surface area (Å²) in [5.74, 6) is -3.51. The molecule has 2 atom stereocenters. The van der Waals surface area contributed by atoms with Crippen LogP contribution in [0.2, 0.25) is 0 Å². The topological polar surface area (TPSA) is 198 Å².